The molecule has 0 aliphatic heterocycles. The van der Waals surface area contributed by atoms with Gasteiger partial charge in [0, 0.05) is 17.6 Å². The monoisotopic (exact) mass is 247 g/mol. The van der Waals surface area contributed by atoms with Gasteiger partial charge in [0.05, 0.1) is 7.11 Å². The van der Waals surface area contributed by atoms with Crippen molar-refractivity contribution in [3.63, 3.8) is 0 Å². The zero-order valence-electron chi connectivity index (χ0n) is 12.0. The van der Waals surface area contributed by atoms with Gasteiger partial charge in [0.1, 0.15) is 5.75 Å². The second kappa shape index (κ2) is 5.75. The first-order chi connectivity index (χ1) is 8.61. The Kier molecular flexibility index (Phi) is 4.28. The maximum Gasteiger partial charge on any atom is 0.123 e. The lowest BCUT2D eigenvalue weighted by molar-refractivity contribution is 0.369. The van der Waals surface area contributed by atoms with Gasteiger partial charge in [0.2, 0.25) is 0 Å². The molecule has 1 aliphatic carbocycles. The zero-order valence-corrected chi connectivity index (χ0v) is 12.0. The SMILES string of the molecule is COc1cc(C)ccc1C(C)NC1CCCC1C. The molecule has 1 aromatic rings. The van der Waals surface area contributed by atoms with Crippen molar-refractivity contribution >= 4 is 0 Å². The van der Waals surface area contributed by atoms with Crippen molar-refractivity contribution in [2.75, 3.05) is 7.11 Å². The van der Waals surface area contributed by atoms with Crippen LogP contribution in [0.25, 0.3) is 0 Å². The van der Waals surface area contributed by atoms with E-state index < -0.39 is 0 Å². The third-order valence-corrected chi connectivity index (χ3v) is 4.18. The molecule has 18 heavy (non-hydrogen) atoms. The number of rotatable bonds is 4. The van der Waals surface area contributed by atoms with Gasteiger partial charge in [-0.2, -0.15) is 0 Å². The number of methoxy groups -OCH3 is 1. The van der Waals surface area contributed by atoms with Gasteiger partial charge in [-0.25, -0.2) is 0 Å². The predicted molar refractivity (Wildman–Crippen MR) is 76.1 cm³/mol. The van der Waals surface area contributed by atoms with Crippen LogP contribution in [0.3, 0.4) is 0 Å². The van der Waals surface area contributed by atoms with Crippen LogP contribution in [0.5, 0.6) is 5.75 Å². The van der Waals surface area contributed by atoms with Crippen molar-refractivity contribution < 1.29 is 4.74 Å². The summed E-state index contributed by atoms with van der Waals surface area (Å²) in [5, 5.41) is 3.76. The Morgan fingerprint density at radius 1 is 1.33 bits per heavy atom. The van der Waals surface area contributed by atoms with Crippen molar-refractivity contribution in [1.29, 1.82) is 0 Å². The normalized spacial score (nSPS) is 25.1. The van der Waals surface area contributed by atoms with Crippen LogP contribution in [-0.2, 0) is 0 Å². The molecule has 1 saturated carbocycles. The van der Waals surface area contributed by atoms with Crippen molar-refractivity contribution in [3.8, 4) is 5.75 Å². The van der Waals surface area contributed by atoms with Crippen molar-refractivity contribution in [2.45, 2.75) is 52.1 Å². The fourth-order valence-electron chi connectivity index (χ4n) is 2.98. The van der Waals surface area contributed by atoms with Crippen LogP contribution < -0.4 is 10.1 Å². The Balaban J connectivity index is 2.10. The molecule has 100 valence electrons. The minimum absolute atomic E-state index is 0.353. The highest BCUT2D eigenvalue weighted by atomic mass is 16.5. The molecule has 0 heterocycles. The molecule has 2 nitrogen and oxygen atoms in total. The molecular weight excluding hydrogens is 222 g/mol. The molecule has 0 aromatic heterocycles. The van der Waals surface area contributed by atoms with E-state index in [2.05, 4.69) is 44.3 Å². The molecule has 0 radical (unpaired) electrons. The molecule has 0 amide bonds. The topological polar surface area (TPSA) is 21.3 Å². The number of aryl methyl sites for hydroxylation is 1. The molecule has 0 saturated heterocycles. The standard InChI is InChI=1S/C16H25NO/c1-11-8-9-14(16(10-11)18-4)13(3)17-15-7-5-6-12(15)2/h8-10,12-13,15,17H,5-7H2,1-4H3. The van der Waals surface area contributed by atoms with Crippen LogP contribution in [0.4, 0.5) is 0 Å². The number of hydrogen-bond donors (Lipinski definition) is 1. The molecule has 0 bridgehead atoms. The average Bonchev–Trinajstić information content (AvgIpc) is 2.74. The molecule has 1 aromatic carbocycles. The number of hydrogen-bond acceptors (Lipinski definition) is 2. The minimum Gasteiger partial charge on any atom is -0.496 e. The summed E-state index contributed by atoms with van der Waals surface area (Å²) in [7, 11) is 1.75. The van der Waals surface area contributed by atoms with Gasteiger partial charge in [-0.3, -0.25) is 0 Å². The van der Waals surface area contributed by atoms with Crippen molar-refractivity contribution in [1.82, 2.24) is 5.32 Å². The summed E-state index contributed by atoms with van der Waals surface area (Å²) in [6.07, 6.45) is 4.02. The van der Waals surface area contributed by atoms with Gasteiger partial charge >= 0.3 is 0 Å². The van der Waals surface area contributed by atoms with E-state index in [1.54, 1.807) is 7.11 Å². The Morgan fingerprint density at radius 2 is 2.11 bits per heavy atom. The first kappa shape index (κ1) is 13.4. The van der Waals surface area contributed by atoms with Gasteiger partial charge in [-0.15, -0.1) is 0 Å². The average molecular weight is 247 g/mol. The van der Waals surface area contributed by atoms with Gasteiger partial charge < -0.3 is 10.1 Å². The van der Waals surface area contributed by atoms with E-state index in [1.165, 1.54) is 30.4 Å². The first-order valence-corrected chi connectivity index (χ1v) is 7.02. The fraction of sp³-hybridized carbons (Fsp3) is 0.625. The quantitative estimate of drug-likeness (QED) is 0.872. The van der Waals surface area contributed by atoms with Gasteiger partial charge in [-0.05, 0) is 44.2 Å². The van der Waals surface area contributed by atoms with Gasteiger partial charge in [-0.1, -0.05) is 25.5 Å². The maximum absolute atomic E-state index is 5.50. The molecule has 1 N–H and O–H groups in total. The largest absolute Gasteiger partial charge is 0.496 e. The van der Waals surface area contributed by atoms with Gasteiger partial charge in [0.15, 0.2) is 0 Å². The predicted octanol–water partition coefficient (Wildman–Crippen LogP) is 3.84. The summed E-state index contributed by atoms with van der Waals surface area (Å²) in [5.41, 5.74) is 2.51. The Labute approximate surface area is 111 Å². The van der Waals surface area contributed by atoms with Crippen LogP contribution in [0.1, 0.15) is 50.3 Å². The number of ether oxygens (including phenoxy) is 1. The molecule has 3 unspecified atom stereocenters. The summed E-state index contributed by atoms with van der Waals surface area (Å²) >= 11 is 0. The van der Waals surface area contributed by atoms with E-state index in [0.717, 1.165) is 11.7 Å². The molecular formula is C16H25NO. The van der Waals surface area contributed by atoms with E-state index >= 15 is 0 Å². The van der Waals surface area contributed by atoms with E-state index in [1.807, 2.05) is 0 Å². The summed E-state index contributed by atoms with van der Waals surface area (Å²) in [5.74, 6) is 1.80. The zero-order chi connectivity index (χ0) is 13.1. The molecule has 0 spiro atoms. The maximum atomic E-state index is 5.50. The Bertz CT molecular complexity index is 402. The fourth-order valence-corrected chi connectivity index (χ4v) is 2.98. The molecule has 2 rings (SSSR count). The number of nitrogens with one attached hydrogen (secondary N) is 1. The van der Waals surface area contributed by atoms with Crippen molar-refractivity contribution in [2.24, 2.45) is 5.92 Å². The summed E-state index contributed by atoms with van der Waals surface area (Å²) in [6.45, 7) is 6.69. The summed E-state index contributed by atoms with van der Waals surface area (Å²) < 4.78 is 5.50. The molecule has 1 aliphatic rings. The second-order valence-corrected chi connectivity index (χ2v) is 5.65. The molecule has 1 fully saturated rings. The highest BCUT2D eigenvalue weighted by Gasteiger charge is 2.25. The minimum atomic E-state index is 0.353. The third-order valence-electron chi connectivity index (χ3n) is 4.18. The highest BCUT2D eigenvalue weighted by molar-refractivity contribution is 5.39. The second-order valence-electron chi connectivity index (χ2n) is 5.65. The van der Waals surface area contributed by atoms with Crippen LogP contribution in [0.2, 0.25) is 0 Å². The Morgan fingerprint density at radius 3 is 2.72 bits per heavy atom. The molecule has 3 atom stereocenters. The lowest BCUT2D eigenvalue weighted by atomic mass is 10.0. The van der Waals surface area contributed by atoms with Crippen LogP contribution in [0.15, 0.2) is 18.2 Å². The Hall–Kier alpha value is -1.02. The van der Waals surface area contributed by atoms with Gasteiger partial charge in [0.25, 0.3) is 0 Å². The summed E-state index contributed by atoms with van der Waals surface area (Å²) in [6, 6.07) is 7.47. The van der Waals surface area contributed by atoms with E-state index in [4.69, 9.17) is 4.74 Å². The molecule has 2 heteroatoms. The lowest BCUT2D eigenvalue weighted by Gasteiger charge is -2.24. The van der Waals surface area contributed by atoms with E-state index in [0.29, 0.717) is 12.1 Å². The third kappa shape index (κ3) is 2.86. The summed E-state index contributed by atoms with van der Waals surface area (Å²) in [4.78, 5) is 0. The van der Waals surface area contributed by atoms with Crippen LogP contribution in [-0.4, -0.2) is 13.2 Å². The smallest absolute Gasteiger partial charge is 0.123 e. The van der Waals surface area contributed by atoms with Crippen LogP contribution >= 0.6 is 0 Å². The van der Waals surface area contributed by atoms with E-state index in [9.17, 15) is 0 Å². The lowest BCUT2D eigenvalue weighted by Crippen LogP contribution is -2.33. The number of benzene rings is 1. The first-order valence-electron chi connectivity index (χ1n) is 7.02. The van der Waals surface area contributed by atoms with Crippen LogP contribution in [0, 0.1) is 12.8 Å². The van der Waals surface area contributed by atoms with Crippen molar-refractivity contribution in [3.05, 3.63) is 29.3 Å². The van der Waals surface area contributed by atoms with E-state index in [-0.39, 0.29) is 0 Å². The highest BCUT2D eigenvalue weighted by Crippen LogP contribution is 2.30.